The predicted octanol–water partition coefficient (Wildman–Crippen LogP) is 0.656. The summed E-state index contributed by atoms with van der Waals surface area (Å²) in [5, 5.41) is 6.21. The van der Waals surface area contributed by atoms with Crippen LogP contribution in [0.25, 0.3) is 0 Å². The number of aromatic amines is 1. The second-order valence-corrected chi connectivity index (χ2v) is 0.766. The van der Waals surface area contributed by atoms with Gasteiger partial charge in [0.1, 0.15) is 0 Å². The van der Waals surface area contributed by atoms with Crippen molar-refractivity contribution >= 4 is 0 Å². The van der Waals surface area contributed by atoms with Gasteiger partial charge in [0.15, 0.2) is 0 Å². The highest BCUT2D eigenvalue weighted by atomic mass is 15.1. The Morgan fingerprint density at radius 3 is 3.00 bits per heavy atom. The quantitative estimate of drug-likeness (QED) is 0.477. The molecule has 0 aliphatic rings. The van der Waals surface area contributed by atoms with E-state index in [1.54, 1.807) is 12.4 Å². The molecule has 1 aromatic rings. The first kappa shape index (κ1) is 2.45. The minimum Gasteiger partial charge on any atom is -0.286 e. The number of hydrogen-bond donors (Lipinski definition) is 1. The molecule has 5 heavy (non-hydrogen) atoms. The first-order valence-electron chi connectivity index (χ1n) is 1.44. The van der Waals surface area contributed by atoms with Crippen LogP contribution in [0.15, 0.2) is 18.5 Å². The zero-order valence-corrected chi connectivity index (χ0v) is 2.68. The van der Waals surface area contributed by atoms with Crippen molar-refractivity contribution in [3.63, 3.8) is 0 Å². The third-order valence-electron chi connectivity index (χ3n) is 0.406. The molecule has 0 aromatic carbocycles. The van der Waals surface area contributed by atoms with E-state index in [2.05, 4.69) is 10.2 Å². The third-order valence-corrected chi connectivity index (χ3v) is 0.406. The minimum absolute atomic E-state index is 0. The molecule has 0 spiro atoms. The van der Waals surface area contributed by atoms with Gasteiger partial charge in [-0.15, -0.1) is 0 Å². The van der Waals surface area contributed by atoms with Gasteiger partial charge in [-0.2, -0.15) is 5.10 Å². The lowest BCUT2D eigenvalue weighted by molar-refractivity contribution is 1.09. The van der Waals surface area contributed by atoms with Crippen LogP contribution in [0.1, 0.15) is 1.43 Å². The molecule has 1 aromatic heterocycles. The lowest BCUT2D eigenvalue weighted by atomic mass is 10.8. The number of nitrogens with zero attached hydrogens (tertiary/aromatic N) is 1. The van der Waals surface area contributed by atoms with Crippen LogP contribution >= 0.6 is 0 Å². The van der Waals surface area contributed by atoms with Crippen molar-refractivity contribution in [1.29, 1.82) is 0 Å². The summed E-state index contributed by atoms with van der Waals surface area (Å²) in [5.74, 6) is 0. The fourth-order valence-electron chi connectivity index (χ4n) is 0.215. The van der Waals surface area contributed by atoms with Crippen LogP contribution in [-0.2, 0) is 0 Å². The highest BCUT2D eigenvalue weighted by Crippen LogP contribution is 1.64. The first-order chi connectivity index (χ1) is 2.50. The highest BCUT2D eigenvalue weighted by molar-refractivity contribution is 4.72. The van der Waals surface area contributed by atoms with Gasteiger partial charge in [0.25, 0.3) is 0 Å². The van der Waals surface area contributed by atoms with Gasteiger partial charge in [-0.3, -0.25) is 5.10 Å². The van der Waals surface area contributed by atoms with Crippen molar-refractivity contribution in [3.8, 4) is 0 Å². The minimum atomic E-state index is 0. The average molecular weight is 70.1 g/mol. The van der Waals surface area contributed by atoms with Crippen LogP contribution in [0.5, 0.6) is 0 Å². The van der Waals surface area contributed by atoms with Crippen molar-refractivity contribution < 1.29 is 1.43 Å². The largest absolute Gasteiger partial charge is 0.286 e. The van der Waals surface area contributed by atoms with Gasteiger partial charge in [-0.05, 0) is 6.07 Å². The molecule has 0 saturated carbocycles. The van der Waals surface area contributed by atoms with E-state index in [0.717, 1.165) is 0 Å². The molecule has 1 heterocycles. The van der Waals surface area contributed by atoms with E-state index < -0.39 is 0 Å². The van der Waals surface area contributed by atoms with E-state index in [1.807, 2.05) is 6.07 Å². The molecule has 0 amide bonds. The Bertz CT molecular complexity index is 65.3. The van der Waals surface area contributed by atoms with Gasteiger partial charge < -0.3 is 0 Å². The Kier molecular flexibility index (Phi) is 0.433. The van der Waals surface area contributed by atoms with Crippen LogP contribution in [0.4, 0.5) is 0 Å². The van der Waals surface area contributed by atoms with E-state index in [-0.39, 0.29) is 1.43 Å². The van der Waals surface area contributed by atoms with Crippen LogP contribution in [-0.4, -0.2) is 10.2 Å². The molecule has 0 atom stereocenters. The number of nitrogens with one attached hydrogen (secondary N) is 1. The second-order valence-electron chi connectivity index (χ2n) is 0.766. The number of H-pyrrole nitrogens is 1. The average Bonchev–Trinajstić information content (AvgIpc) is 1.76. The summed E-state index contributed by atoms with van der Waals surface area (Å²) in [7, 11) is 0. The first-order valence-corrected chi connectivity index (χ1v) is 1.44. The summed E-state index contributed by atoms with van der Waals surface area (Å²) in [6, 6.07) is 1.83. The molecule has 0 radical (unpaired) electrons. The van der Waals surface area contributed by atoms with Crippen LogP contribution < -0.4 is 0 Å². The van der Waals surface area contributed by atoms with Crippen LogP contribution in [0.2, 0.25) is 0 Å². The molecule has 0 aliphatic heterocycles. The molecule has 0 aliphatic carbocycles. The highest BCUT2D eigenvalue weighted by Gasteiger charge is 1.56. The lowest BCUT2D eigenvalue weighted by Crippen LogP contribution is -1.53. The summed E-state index contributed by atoms with van der Waals surface area (Å²) in [5.41, 5.74) is 0. The molecular formula is C3H6N2. The monoisotopic (exact) mass is 70.1 g/mol. The molecule has 28 valence electrons. The maximum atomic E-state index is 3.60. The Morgan fingerprint density at radius 1 is 1.80 bits per heavy atom. The molecule has 1 rings (SSSR count). The fourth-order valence-corrected chi connectivity index (χ4v) is 0.215. The van der Waals surface area contributed by atoms with E-state index in [0.29, 0.717) is 0 Å². The Labute approximate surface area is 31.3 Å². The van der Waals surface area contributed by atoms with Gasteiger partial charge in [-0.25, -0.2) is 0 Å². The molecule has 0 unspecified atom stereocenters. The Hall–Kier alpha value is -0.790. The molecule has 0 bridgehead atoms. The van der Waals surface area contributed by atoms with E-state index in [9.17, 15) is 0 Å². The number of rotatable bonds is 0. The molecule has 1 N–H and O–H groups in total. The van der Waals surface area contributed by atoms with Crippen LogP contribution in [0, 0.1) is 0 Å². The summed E-state index contributed by atoms with van der Waals surface area (Å²) < 4.78 is 0. The van der Waals surface area contributed by atoms with Crippen LogP contribution in [0.3, 0.4) is 0 Å². The molecule has 2 heteroatoms. The molecule has 2 nitrogen and oxygen atoms in total. The zero-order chi connectivity index (χ0) is 3.54. The maximum absolute atomic E-state index is 3.60. The smallest absolute Gasteiger partial charge is 0.0487 e. The SMILES string of the molecule is [1HH].c1cn[nH]c1. The predicted molar refractivity (Wildman–Crippen MR) is 20.7 cm³/mol. The summed E-state index contributed by atoms with van der Waals surface area (Å²) in [6.07, 6.45) is 3.46. The standard InChI is InChI=1S/C3H4N2.H2/c1-2-4-5-3-1;/h1-3H,(H,4,5);1H/i;1+0. The van der Waals surface area contributed by atoms with Crippen molar-refractivity contribution in [3.05, 3.63) is 18.5 Å². The van der Waals surface area contributed by atoms with Gasteiger partial charge in [0.05, 0.1) is 0 Å². The van der Waals surface area contributed by atoms with Crippen molar-refractivity contribution in [2.24, 2.45) is 0 Å². The number of aromatic nitrogens is 2. The molecule has 0 saturated heterocycles. The maximum Gasteiger partial charge on any atom is 0.0487 e. The van der Waals surface area contributed by atoms with E-state index in [1.165, 1.54) is 0 Å². The fraction of sp³-hybridized carbons (Fsp3) is 0. The zero-order valence-electron chi connectivity index (χ0n) is 2.68. The molecule has 0 fully saturated rings. The lowest BCUT2D eigenvalue weighted by Gasteiger charge is -1.49. The topological polar surface area (TPSA) is 28.7 Å². The Balaban J connectivity index is 0.000000250. The summed E-state index contributed by atoms with van der Waals surface area (Å²) in [6.45, 7) is 0. The third kappa shape index (κ3) is 0.265. The van der Waals surface area contributed by atoms with E-state index >= 15 is 0 Å². The van der Waals surface area contributed by atoms with E-state index in [4.69, 9.17) is 0 Å². The van der Waals surface area contributed by atoms with Gasteiger partial charge >= 0.3 is 0 Å². The van der Waals surface area contributed by atoms with Gasteiger partial charge in [0, 0.05) is 13.8 Å². The van der Waals surface area contributed by atoms with Crippen molar-refractivity contribution in [1.82, 2.24) is 10.2 Å². The summed E-state index contributed by atoms with van der Waals surface area (Å²) in [4.78, 5) is 0. The number of hydrogen-bond acceptors (Lipinski definition) is 1. The normalized spacial score (nSPS) is 8.00. The molecular weight excluding hydrogens is 64.0 g/mol. The Morgan fingerprint density at radius 2 is 2.80 bits per heavy atom. The summed E-state index contributed by atoms with van der Waals surface area (Å²) >= 11 is 0. The van der Waals surface area contributed by atoms with Crippen molar-refractivity contribution in [2.45, 2.75) is 0 Å². The van der Waals surface area contributed by atoms with Gasteiger partial charge in [0.2, 0.25) is 0 Å². The van der Waals surface area contributed by atoms with Gasteiger partial charge in [-0.1, -0.05) is 0 Å². The van der Waals surface area contributed by atoms with Crippen molar-refractivity contribution in [2.75, 3.05) is 0 Å². The second kappa shape index (κ2) is 0.885.